The molecule has 0 saturated carbocycles. The molecule has 0 spiro atoms. The highest BCUT2D eigenvalue weighted by atomic mass is 19.1. The van der Waals surface area contributed by atoms with Crippen LogP contribution < -0.4 is 9.64 Å². The first-order chi connectivity index (χ1) is 9.66. The third-order valence-corrected chi connectivity index (χ3v) is 3.40. The summed E-state index contributed by atoms with van der Waals surface area (Å²) in [5.74, 6) is 0.0367. The van der Waals surface area contributed by atoms with Crippen LogP contribution in [0.3, 0.4) is 0 Å². The number of hydrogen-bond acceptors (Lipinski definition) is 2. The molecule has 0 unspecified atom stereocenters. The summed E-state index contributed by atoms with van der Waals surface area (Å²) in [6.07, 6.45) is 0. The van der Waals surface area contributed by atoms with E-state index in [1.165, 1.54) is 12.1 Å². The maximum atomic E-state index is 13.4. The smallest absolute Gasteiger partial charge is 0.258 e. The van der Waals surface area contributed by atoms with Crippen LogP contribution >= 0.6 is 0 Å². The Kier molecular flexibility index (Phi) is 3.14. The van der Waals surface area contributed by atoms with Crippen molar-refractivity contribution < 1.29 is 13.9 Å². The summed E-state index contributed by atoms with van der Waals surface area (Å²) in [7, 11) is 0. The van der Waals surface area contributed by atoms with Crippen molar-refractivity contribution in [1.82, 2.24) is 0 Å². The van der Waals surface area contributed by atoms with Crippen LogP contribution in [0.2, 0.25) is 0 Å². The number of carbonyl (C=O) groups excluding carboxylic acids is 1. The molecular weight excluding hydrogens is 257 g/mol. The van der Waals surface area contributed by atoms with Gasteiger partial charge >= 0.3 is 0 Å². The molecule has 0 radical (unpaired) electrons. The number of benzene rings is 2. The van der Waals surface area contributed by atoms with E-state index in [1.54, 1.807) is 17.0 Å². The molecule has 0 fully saturated rings. The first kappa shape index (κ1) is 12.7. The van der Waals surface area contributed by atoms with Gasteiger partial charge in [-0.05, 0) is 30.7 Å². The zero-order valence-corrected chi connectivity index (χ0v) is 11.1. The standard InChI is InChI=1S/C16H14FNO2/c1-11-4-2-3-5-13(11)16(19)18-8-9-20-15-7-6-12(17)10-14(15)18/h2-7,10H,8-9H2,1H3. The van der Waals surface area contributed by atoms with Gasteiger partial charge in [-0.3, -0.25) is 4.79 Å². The summed E-state index contributed by atoms with van der Waals surface area (Å²) in [4.78, 5) is 14.2. The summed E-state index contributed by atoms with van der Waals surface area (Å²) < 4.78 is 18.9. The fourth-order valence-corrected chi connectivity index (χ4v) is 2.36. The van der Waals surface area contributed by atoms with E-state index in [-0.39, 0.29) is 11.7 Å². The van der Waals surface area contributed by atoms with Crippen LogP contribution in [0.25, 0.3) is 0 Å². The van der Waals surface area contributed by atoms with Crippen LogP contribution in [0.15, 0.2) is 42.5 Å². The van der Waals surface area contributed by atoms with Gasteiger partial charge in [0.25, 0.3) is 5.91 Å². The molecule has 0 atom stereocenters. The highest BCUT2D eigenvalue weighted by Crippen LogP contribution is 2.33. The van der Waals surface area contributed by atoms with Crippen molar-refractivity contribution in [2.24, 2.45) is 0 Å². The molecular formula is C16H14FNO2. The molecule has 0 N–H and O–H groups in total. The molecule has 3 rings (SSSR count). The van der Waals surface area contributed by atoms with E-state index in [0.717, 1.165) is 5.56 Å². The highest BCUT2D eigenvalue weighted by molar-refractivity contribution is 6.08. The van der Waals surface area contributed by atoms with E-state index in [4.69, 9.17) is 4.74 Å². The Morgan fingerprint density at radius 1 is 1.25 bits per heavy atom. The summed E-state index contributed by atoms with van der Waals surface area (Å²) in [6.45, 7) is 2.72. The maximum Gasteiger partial charge on any atom is 0.258 e. The number of fused-ring (bicyclic) bond motifs is 1. The number of amides is 1. The molecule has 2 aromatic carbocycles. The zero-order valence-electron chi connectivity index (χ0n) is 11.1. The van der Waals surface area contributed by atoms with Gasteiger partial charge in [-0.2, -0.15) is 0 Å². The highest BCUT2D eigenvalue weighted by Gasteiger charge is 2.25. The Hall–Kier alpha value is -2.36. The van der Waals surface area contributed by atoms with Gasteiger partial charge in [0.05, 0.1) is 12.2 Å². The average molecular weight is 271 g/mol. The minimum Gasteiger partial charge on any atom is -0.490 e. The number of anilines is 1. The number of nitrogens with zero attached hydrogens (tertiary/aromatic N) is 1. The van der Waals surface area contributed by atoms with Crippen LogP contribution in [0.5, 0.6) is 5.75 Å². The quantitative estimate of drug-likeness (QED) is 0.797. The Labute approximate surface area is 116 Å². The third-order valence-electron chi connectivity index (χ3n) is 3.40. The maximum absolute atomic E-state index is 13.4. The van der Waals surface area contributed by atoms with Crippen LogP contribution in [0.4, 0.5) is 10.1 Å². The number of ether oxygens (including phenoxy) is 1. The molecule has 3 nitrogen and oxygen atoms in total. The molecule has 2 aromatic rings. The van der Waals surface area contributed by atoms with E-state index < -0.39 is 0 Å². The summed E-state index contributed by atoms with van der Waals surface area (Å²) >= 11 is 0. The minimum atomic E-state index is -0.378. The topological polar surface area (TPSA) is 29.5 Å². The molecule has 1 aliphatic rings. The first-order valence-corrected chi connectivity index (χ1v) is 6.46. The normalized spacial score (nSPS) is 13.6. The Balaban J connectivity index is 2.03. The van der Waals surface area contributed by atoms with Crippen molar-refractivity contribution in [3.8, 4) is 5.75 Å². The molecule has 4 heteroatoms. The zero-order chi connectivity index (χ0) is 14.1. The van der Waals surface area contributed by atoms with Crippen LogP contribution in [0.1, 0.15) is 15.9 Å². The van der Waals surface area contributed by atoms with Crippen LogP contribution in [-0.2, 0) is 0 Å². The van der Waals surface area contributed by atoms with E-state index in [1.807, 2.05) is 25.1 Å². The van der Waals surface area contributed by atoms with E-state index in [9.17, 15) is 9.18 Å². The van der Waals surface area contributed by atoms with Gasteiger partial charge in [-0.15, -0.1) is 0 Å². The molecule has 102 valence electrons. The second-order valence-electron chi connectivity index (χ2n) is 4.73. The van der Waals surface area contributed by atoms with Crippen molar-refractivity contribution in [2.45, 2.75) is 6.92 Å². The Morgan fingerprint density at radius 3 is 2.85 bits per heavy atom. The summed E-state index contributed by atoms with van der Waals surface area (Å²) in [6, 6.07) is 11.6. The van der Waals surface area contributed by atoms with E-state index in [2.05, 4.69) is 0 Å². The Bertz CT molecular complexity index is 669. The molecule has 0 saturated heterocycles. The molecule has 0 aromatic heterocycles. The number of hydrogen-bond donors (Lipinski definition) is 0. The van der Waals surface area contributed by atoms with Crippen LogP contribution in [0, 0.1) is 12.7 Å². The second-order valence-corrected chi connectivity index (χ2v) is 4.73. The van der Waals surface area contributed by atoms with Crippen molar-refractivity contribution in [2.75, 3.05) is 18.1 Å². The minimum absolute atomic E-state index is 0.127. The van der Waals surface area contributed by atoms with Crippen molar-refractivity contribution in [3.63, 3.8) is 0 Å². The number of halogens is 1. The van der Waals surface area contributed by atoms with Gasteiger partial charge in [-0.1, -0.05) is 18.2 Å². The van der Waals surface area contributed by atoms with Gasteiger partial charge in [0.2, 0.25) is 0 Å². The molecule has 1 heterocycles. The monoisotopic (exact) mass is 271 g/mol. The Morgan fingerprint density at radius 2 is 2.05 bits per heavy atom. The lowest BCUT2D eigenvalue weighted by Crippen LogP contribution is -2.38. The number of aryl methyl sites for hydroxylation is 1. The number of rotatable bonds is 1. The fourth-order valence-electron chi connectivity index (χ4n) is 2.36. The predicted molar refractivity (Wildman–Crippen MR) is 74.8 cm³/mol. The van der Waals surface area contributed by atoms with Gasteiger partial charge in [-0.25, -0.2) is 4.39 Å². The van der Waals surface area contributed by atoms with Crippen molar-refractivity contribution >= 4 is 11.6 Å². The largest absolute Gasteiger partial charge is 0.490 e. The lowest BCUT2D eigenvalue weighted by atomic mass is 10.1. The summed E-state index contributed by atoms with van der Waals surface area (Å²) in [5, 5.41) is 0. The van der Waals surface area contributed by atoms with Crippen molar-refractivity contribution in [1.29, 1.82) is 0 Å². The molecule has 0 aliphatic carbocycles. The van der Waals surface area contributed by atoms with E-state index >= 15 is 0 Å². The molecule has 0 bridgehead atoms. The summed E-state index contributed by atoms with van der Waals surface area (Å²) in [5.41, 5.74) is 2.02. The molecule has 1 aliphatic heterocycles. The fraction of sp³-hybridized carbons (Fsp3) is 0.188. The van der Waals surface area contributed by atoms with Crippen molar-refractivity contribution in [3.05, 3.63) is 59.4 Å². The third kappa shape index (κ3) is 2.13. The lowest BCUT2D eigenvalue weighted by molar-refractivity contribution is 0.0976. The second kappa shape index (κ2) is 4.96. The lowest BCUT2D eigenvalue weighted by Gasteiger charge is -2.30. The van der Waals surface area contributed by atoms with Gasteiger partial charge in [0.15, 0.2) is 0 Å². The van der Waals surface area contributed by atoms with Gasteiger partial charge < -0.3 is 9.64 Å². The van der Waals surface area contributed by atoms with Crippen LogP contribution in [-0.4, -0.2) is 19.1 Å². The first-order valence-electron chi connectivity index (χ1n) is 6.46. The molecule has 1 amide bonds. The van der Waals surface area contributed by atoms with Gasteiger partial charge in [0, 0.05) is 11.6 Å². The predicted octanol–water partition coefficient (Wildman–Crippen LogP) is 3.17. The average Bonchev–Trinajstić information content (AvgIpc) is 2.46. The van der Waals surface area contributed by atoms with E-state index in [0.29, 0.717) is 30.2 Å². The van der Waals surface area contributed by atoms with Gasteiger partial charge in [0.1, 0.15) is 18.2 Å². The SMILES string of the molecule is Cc1ccccc1C(=O)N1CCOc2ccc(F)cc21. The molecule has 20 heavy (non-hydrogen) atoms. The number of carbonyl (C=O) groups is 1.